The first-order chi connectivity index (χ1) is 7.59. The third kappa shape index (κ3) is 2.00. The van der Waals surface area contributed by atoms with E-state index in [1.165, 1.54) is 4.90 Å². The zero-order valence-electron chi connectivity index (χ0n) is 9.73. The highest BCUT2D eigenvalue weighted by Crippen LogP contribution is 2.38. The summed E-state index contributed by atoms with van der Waals surface area (Å²) in [4.78, 5) is 15.2. The lowest BCUT2D eigenvalue weighted by atomic mass is 10.00. The van der Waals surface area contributed by atoms with Crippen LogP contribution in [0.4, 0.5) is 0 Å². The number of allylic oxidation sites excluding steroid dienone is 1. The van der Waals surface area contributed by atoms with Crippen LogP contribution in [0, 0.1) is 0 Å². The second-order valence-electron chi connectivity index (χ2n) is 4.13. The summed E-state index contributed by atoms with van der Waals surface area (Å²) in [6, 6.07) is 8.08. The van der Waals surface area contributed by atoms with Crippen molar-refractivity contribution < 1.29 is 4.79 Å². The maximum absolute atomic E-state index is 12.1. The fourth-order valence-electron chi connectivity index (χ4n) is 1.78. The summed E-state index contributed by atoms with van der Waals surface area (Å²) in [5.74, 6) is 0.220. The zero-order chi connectivity index (χ0) is 11.7. The average Bonchev–Trinajstić information content (AvgIpc) is 2.24. The summed E-state index contributed by atoms with van der Waals surface area (Å²) < 4.78 is 0. The quantitative estimate of drug-likeness (QED) is 0.696. The van der Waals surface area contributed by atoms with Crippen molar-refractivity contribution in [3.8, 4) is 0 Å². The highest BCUT2D eigenvalue weighted by Gasteiger charge is 2.27. The summed E-state index contributed by atoms with van der Waals surface area (Å²) in [7, 11) is 3.88. The van der Waals surface area contributed by atoms with E-state index in [0.29, 0.717) is 0 Å². The zero-order valence-corrected chi connectivity index (χ0v) is 10.5. The Morgan fingerprint density at radius 2 is 2.00 bits per heavy atom. The molecule has 0 aliphatic carbocycles. The molecular formula is C13H15NOS. The molecule has 2 nitrogen and oxygen atoms in total. The Hall–Kier alpha value is -1.22. The molecule has 1 aliphatic rings. The highest BCUT2D eigenvalue weighted by atomic mass is 32.2. The Morgan fingerprint density at radius 1 is 1.31 bits per heavy atom. The molecule has 0 bridgehead atoms. The molecule has 0 radical (unpaired) electrons. The number of thioether (sulfide) groups is 1. The van der Waals surface area contributed by atoms with Crippen molar-refractivity contribution >= 4 is 23.1 Å². The molecule has 1 aromatic rings. The van der Waals surface area contributed by atoms with Gasteiger partial charge in [0.05, 0.1) is 5.25 Å². The maximum atomic E-state index is 12.1. The van der Waals surface area contributed by atoms with E-state index in [2.05, 4.69) is 6.07 Å². The number of fused-ring (bicyclic) bond motifs is 1. The number of carbonyl (C=O) groups excluding carboxylic acids is 1. The van der Waals surface area contributed by atoms with Crippen LogP contribution in [0.3, 0.4) is 0 Å². The first kappa shape index (κ1) is 11.3. The Kier molecular flexibility index (Phi) is 3.06. The number of rotatable bonds is 1. The molecule has 1 heterocycles. The number of benzene rings is 1. The van der Waals surface area contributed by atoms with Crippen molar-refractivity contribution in [1.29, 1.82) is 0 Å². The van der Waals surface area contributed by atoms with Gasteiger partial charge in [0.1, 0.15) is 0 Å². The second-order valence-corrected chi connectivity index (χ2v) is 5.51. The van der Waals surface area contributed by atoms with Crippen molar-refractivity contribution in [3.05, 3.63) is 36.0 Å². The molecular weight excluding hydrogens is 218 g/mol. The van der Waals surface area contributed by atoms with Crippen LogP contribution in [0.1, 0.15) is 12.5 Å². The lowest BCUT2D eigenvalue weighted by Gasteiger charge is -2.23. The van der Waals surface area contributed by atoms with Crippen LogP contribution >= 0.6 is 11.8 Å². The summed E-state index contributed by atoms with van der Waals surface area (Å²) in [5.41, 5.74) is 1.89. The minimum absolute atomic E-state index is 0.0149. The highest BCUT2D eigenvalue weighted by molar-refractivity contribution is 8.01. The van der Waals surface area contributed by atoms with Gasteiger partial charge in [0.2, 0.25) is 0 Å². The van der Waals surface area contributed by atoms with E-state index < -0.39 is 0 Å². The van der Waals surface area contributed by atoms with E-state index in [0.717, 1.165) is 11.1 Å². The largest absolute Gasteiger partial charge is 0.383 e. The minimum atomic E-state index is 0.0149. The number of ketones is 1. The molecule has 1 atom stereocenters. The molecule has 1 unspecified atom stereocenters. The van der Waals surface area contributed by atoms with Crippen molar-refractivity contribution in [2.24, 2.45) is 0 Å². The first-order valence-electron chi connectivity index (χ1n) is 5.28. The first-order valence-corrected chi connectivity index (χ1v) is 6.16. The molecule has 1 aliphatic heterocycles. The molecule has 0 saturated carbocycles. The molecule has 16 heavy (non-hydrogen) atoms. The molecule has 0 spiro atoms. The van der Waals surface area contributed by atoms with Crippen molar-refractivity contribution in [1.82, 2.24) is 4.90 Å². The van der Waals surface area contributed by atoms with Gasteiger partial charge in [-0.2, -0.15) is 0 Å². The van der Waals surface area contributed by atoms with Gasteiger partial charge in [-0.15, -0.1) is 11.8 Å². The lowest BCUT2D eigenvalue weighted by molar-refractivity contribution is -0.113. The lowest BCUT2D eigenvalue weighted by Crippen LogP contribution is -2.21. The molecule has 0 amide bonds. The van der Waals surface area contributed by atoms with Gasteiger partial charge in [0.25, 0.3) is 0 Å². The van der Waals surface area contributed by atoms with Gasteiger partial charge in [0, 0.05) is 36.3 Å². The van der Waals surface area contributed by atoms with E-state index in [9.17, 15) is 4.79 Å². The topological polar surface area (TPSA) is 20.3 Å². The van der Waals surface area contributed by atoms with Gasteiger partial charge in [-0.05, 0) is 13.0 Å². The van der Waals surface area contributed by atoms with Crippen LogP contribution in [0.25, 0.3) is 5.57 Å². The smallest absolute Gasteiger partial charge is 0.177 e. The van der Waals surface area contributed by atoms with Crippen LogP contribution in [0.15, 0.2) is 35.4 Å². The summed E-state index contributed by atoms with van der Waals surface area (Å²) in [6.45, 7) is 1.96. The van der Waals surface area contributed by atoms with Gasteiger partial charge in [-0.1, -0.05) is 18.2 Å². The number of nitrogens with zero attached hydrogens (tertiary/aromatic N) is 1. The maximum Gasteiger partial charge on any atom is 0.177 e. The Morgan fingerprint density at radius 3 is 2.69 bits per heavy atom. The van der Waals surface area contributed by atoms with E-state index in [4.69, 9.17) is 0 Å². The summed E-state index contributed by atoms with van der Waals surface area (Å²) in [6.07, 6.45) is 1.91. The SMILES string of the molecule is CC1Sc2ccccc2/C(=C\N(C)C)C1=O. The predicted octanol–water partition coefficient (Wildman–Crippen LogP) is 2.65. The fourth-order valence-corrected chi connectivity index (χ4v) is 2.86. The van der Waals surface area contributed by atoms with Crippen molar-refractivity contribution in [2.45, 2.75) is 17.1 Å². The minimum Gasteiger partial charge on any atom is -0.383 e. The molecule has 0 fully saturated rings. The molecule has 2 rings (SSSR count). The Labute approximate surface area is 100 Å². The van der Waals surface area contributed by atoms with E-state index in [1.54, 1.807) is 11.8 Å². The van der Waals surface area contributed by atoms with Gasteiger partial charge in [-0.25, -0.2) is 0 Å². The Bertz CT molecular complexity index is 451. The van der Waals surface area contributed by atoms with Crippen LogP contribution in [-0.4, -0.2) is 30.0 Å². The molecule has 0 aromatic heterocycles. The monoisotopic (exact) mass is 233 g/mol. The van der Waals surface area contributed by atoms with E-state index in [-0.39, 0.29) is 11.0 Å². The molecule has 1 aromatic carbocycles. The van der Waals surface area contributed by atoms with E-state index >= 15 is 0 Å². The average molecular weight is 233 g/mol. The Balaban J connectivity index is 2.55. The third-order valence-electron chi connectivity index (χ3n) is 2.50. The number of carbonyl (C=O) groups is 1. The second kappa shape index (κ2) is 4.34. The normalized spacial score (nSPS) is 22.1. The summed E-state index contributed by atoms with van der Waals surface area (Å²) >= 11 is 1.64. The van der Waals surface area contributed by atoms with Gasteiger partial charge in [0.15, 0.2) is 5.78 Å². The number of hydrogen-bond donors (Lipinski definition) is 0. The van der Waals surface area contributed by atoms with Gasteiger partial charge >= 0.3 is 0 Å². The number of Topliss-reactive ketones (excluding diaryl/α,β-unsaturated/α-hetero) is 1. The summed E-state index contributed by atoms with van der Waals surface area (Å²) in [5, 5.41) is 0.0149. The fraction of sp³-hybridized carbons (Fsp3) is 0.308. The molecule has 3 heteroatoms. The van der Waals surface area contributed by atoms with Crippen LogP contribution in [-0.2, 0) is 4.79 Å². The van der Waals surface area contributed by atoms with E-state index in [1.807, 2.05) is 50.3 Å². The third-order valence-corrected chi connectivity index (χ3v) is 3.68. The van der Waals surface area contributed by atoms with Crippen LogP contribution < -0.4 is 0 Å². The molecule has 84 valence electrons. The molecule has 0 saturated heterocycles. The van der Waals surface area contributed by atoms with Crippen molar-refractivity contribution in [2.75, 3.05) is 14.1 Å². The number of hydrogen-bond acceptors (Lipinski definition) is 3. The van der Waals surface area contributed by atoms with Gasteiger partial charge < -0.3 is 4.90 Å². The van der Waals surface area contributed by atoms with Crippen molar-refractivity contribution in [3.63, 3.8) is 0 Å². The predicted molar refractivity (Wildman–Crippen MR) is 68.4 cm³/mol. The molecule has 0 N–H and O–H groups in total. The van der Waals surface area contributed by atoms with Crippen LogP contribution in [0.2, 0.25) is 0 Å². The van der Waals surface area contributed by atoms with Crippen LogP contribution in [0.5, 0.6) is 0 Å². The van der Waals surface area contributed by atoms with Gasteiger partial charge in [-0.3, -0.25) is 4.79 Å². The standard InChI is InChI=1S/C13H15NOS/c1-9-13(15)11(8-14(2)3)10-6-4-5-7-12(10)16-9/h4-9H,1-3H3/b11-8+.